The van der Waals surface area contributed by atoms with Crippen LogP contribution in [0.1, 0.15) is 43.7 Å². The number of hydrogen-bond donors (Lipinski definition) is 2. The van der Waals surface area contributed by atoms with Crippen LogP contribution < -0.4 is 11.3 Å². The molecule has 0 spiro atoms. The standard InChI is InChI=1S/C14H20Cl2N2O/c15-10-4-6-12(13(16)9-10)14(18-17)7-5-11-3-1-2-8-19-11/h4,6,9,11,14,18H,1-3,5,7-8,17H2. The fourth-order valence-electron chi connectivity index (χ4n) is 2.50. The van der Waals surface area contributed by atoms with E-state index in [1.165, 1.54) is 12.8 Å². The fourth-order valence-corrected chi connectivity index (χ4v) is 3.04. The summed E-state index contributed by atoms with van der Waals surface area (Å²) in [5.41, 5.74) is 3.83. The predicted molar refractivity (Wildman–Crippen MR) is 79.4 cm³/mol. The van der Waals surface area contributed by atoms with Gasteiger partial charge >= 0.3 is 0 Å². The molecule has 0 aliphatic carbocycles. The van der Waals surface area contributed by atoms with E-state index in [9.17, 15) is 0 Å². The maximum Gasteiger partial charge on any atom is 0.0575 e. The summed E-state index contributed by atoms with van der Waals surface area (Å²) >= 11 is 12.1. The highest BCUT2D eigenvalue weighted by Gasteiger charge is 2.18. The van der Waals surface area contributed by atoms with Crippen molar-refractivity contribution >= 4 is 23.2 Å². The summed E-state index contributed by atoms with van der Waals surface area (Å²) in [4.78, 5) is 0. The van der Waals surface area contributed by atoms with E-state index in [4.69, 9.17) is 33.8 Å². The predicted octanol–water partition coefficient (Wildman–Crippen LogP) is 3.85. The Balaban J connectivity index is 1.95. The number of ether oxygens (including phenoxy) is 1. The van der Waals surface area contributed by atoms with Gasteiger partial charge in [0, 0.05) is 22.7 Å². The molecule has 1 aromatic carbocycles. The van der Waals surface area contributed by atoms with Crippen molar-refractivity contribution in [2.75, 3.05) is 6.61 Å². The molecule has 3 N–H and O–H groups in total. The van der Waals surface area contributed by atoms with E-state index in [0.29, 0.717) is 16.1 Å². The van der Waals surface area contributed by atoms with Crippen LogP contribution in [0, 0.1) is 0 Å². The summed E-state index contributed by atoms with van der Waals surface area (Å²) in [7, 11) is 0. The zero-order chi connectivity index (χ0) is 13.7. The molecule has 2 rings (SSSR count). The Morgan fingerprint density at radius 3 is 2.84 bits per heavy atom. The van der Waals surface area contributed by atoms with Crippen molar-refractivity contribution in [1.82, 2.24) is 5.43 Å². The summed E-state index contributed by atoms with van der Waals surface area (Å²) in [5, 5.41) is 1.29. The first-order valence-electron chi connectivity index (χ1n) is 6.73. The second-order valence-electron chi connectivity index (χ2n) is 4.95. The van der Waals surface area contributed by atoms with Crippen LogP contribution >= 0.6 is 23.2 Å². The third kappa shape index (κ3) is 4.33. The van der Waals surface area contributed by atoms with Crippen LogP contribution in [0.3, 0.4) is 0 Å². The monoisotopic (exact) mass is 302 g/mol. The molecule has 2 atom stereocenters. The van der Waals surface area contributed by atoms with Gasteiger partial charge in [-0.05, 0) is 49.8 Å². The highest BCUT2D eigenvalue weighted by atomic mass is 35.5. The average Bonchev–Trinajstić information content (AvgIpc) is 2.42. The van der Waals surface area contributed by atoms with Gasteiger partial charge in [-0.2, -0.15) is 0 Å². The smallest absolute Gasteiger partial charge is 0.0575 e. The number of hydrazine groups is 1. The third-order valence-electron chi connectivity index (χ3n) is 3.59. The van der Waals surface area contributed by atoms with E-state index in [0.717, 1.165) is 31.4 Å². The Hall–Kier alpha value is -0.320. The van der Waals surface area contributed by atoms with Crippen LogP contribution in [0.2, 0.25) is 10.0 Å². The van der Waals surface area contributed by atoms with Crippen LogP contribution in [-0.2, 0) is 4.74 Å². The second-order valence-corrected chi connectivity index (χ2v) is 5.79. The van der Waals surface area contributed by atoms with Crippen molar-refractivity contribution in [2.24, 2.45) is 5.84 Å². The fraction of sp³-hybridized carbons (Fsp3) is 0.571. The third-order valence-corrected chi connectivity index (χ3v) is 4.15. The summed E-state index contributed by atoms with van der Waals surface area (Å²) in [6.07, 6.45) is 5.84. The minimum Gasteiger partial charge on any atom is -0.378 e. The van der Waals surface area contributed by atoms with Gasteiger partial charge in [-0.3, -0.25) is 11.3 Å². The summed E-state index contributed by atoms with van der Waals surface area (Å²) in [6.45, 7) is 0.882. The van der Waals surface area contributed by atoms with Gasteiger partial charge in [-0.25, -0.2) is 0 Å². The normalized spacial score (nSPS) is 21.3. The quantitative estimate of drug-likeness (QED) is 0.641. The van der Waals surface area contributed by atoms with Gasteiger partial charge in [0.15, 0.2) is 0 Å². The molecule has 1 aliphatic heterocycles. The van der Waals surface area contributed by atoms with Crippen LogP contribution in [0.4, 0.5) is 0 Å². The summed E-state index contributed by atoms with van der Waals surface area (Å²) < 4.78 is 5.74. The maximum absolute atomic E-state index is 6.21. The van der Waals surface area contributed by atoms with Crippen molar-refractivity contribution in [3.63, 3.8) is 0 Å². The molecule has 19 heavy (non-hydrogen) atoms. The lowest BCUT2D eigenvalue weighted by atomic mass is 9.97. The van der Waals surface area contributed by atoms with Crippen LogP contribution in [0.25, 0.3) is 0 Å². The lowest BCUT2D eigenvalue weighted by molar-refractivity contribution is 0.00854. The molecule has 1 fully saturated rings. The van der Waals surface area contributed by atoms with Crippen molar-refractivity contribution in [1.29, 1.82) is 0 Å². The van der Waals surface area contributed by atoms with Gasteiger partial charge < -0.3 is 4.74 Å². The molecule has 1 aromatic rings. The minimum atomic E-state index is 0.0373. The van der Waals surface area contributed by atoms with Gasteiger partial charge in [-0.15, -0.1) is 0 Å². The van der Waals surface area contributed by atoms with Crippen molar-refractivity contribution in [2.45, 2.75) is 44.2 Å². The maximum atomic E-state index is 6.21. The Labute approximate surface area is 124 Å². The highest BCUT2D eigenvalue weighted by Crippen LogP contribution is 2.29. The topological polar surface area (TPSA) is 47.3 Å². The van der Waals surface area contributed by atoms with Gasteiger partial charge in [0.1, 0.15) is 0 Å². The van der Waals surface area contributed by atoms with Crippen LogP contribution in [0.5, 0.6) is 0 Å². The van der Waals surface area contributed by atoms with E-state index >= 15 is 0 Å². The van der Waals surface area contributed by atoms with Gasteiger partial charge in [0.2, 0.25) is 0 Å². The van der Waals surface area contributed by atoms with Crippen molar-refractivity contribution in [3.05, 3.63) is 33.8 Å². The van der Waals surface area contributed by atoms with Crippen LogP contribution in [0.15, 0.2) is 18.2 Å². The Kier molecular flexibility index (Phi) is 5.92. The number of halogens is 2. The first-order chi connectivity index (χ1) is 9.20. The Morgan fingerprint density at radius 2 is 2.21 bits per heavy atom. The molecule has 1 saturated heterocycles. The minimum absolute atomic E-state index is 0.0373. The molecule has 0 bridgehead atoms. The molecule has 0 amide bonds. The number of rotatable bonds is 5. The van der Waals surface area contributed by atoms with Gasteiger partial charge in [0.05, 0.1) is 6.10 Å². The molecule has 3 nitrogen and oxygen atoms in total. The van der Waals surface area contributed by atoms with E-state index in [1.54, 1.807) is 6.07 Å². The average molecular weight is 303 g/mol. The number of benzene rings is 1. The molecule has 1 aliphatic rings. The van der Waals surface area contributed by atoms with E-state index < -0.39 is 0 Å². The largest absolute Gasteiger partial charge is 0.378 e. The second kappa shape index (κ2) is 7.46. The zero-order valence-corrected chi connectivity index (χ0v) is 12.4. The van der Waals surface area contributed by atoms with E-state index in [1.807, 2.05) is 12.1 Å². The summed E-state index contributed by atoms with van der Waals surface area (Å²) in [5.74, 6) is 5.64. The Bertz CT molecular complexity index is 408. The van der Waals surface area contributed by atoms with Crippen molar-refractivity contribution < 1.29 is 4.74 Å². The number of hydrogen-bond acceptors (Lipinski definition) is 3. The SMILES string of the molecule is NNC(CCC1CCCCO1)c1ccc(Cl)cc1Cl. The molecule has 106 valence electrons. The van der Waals surface area contributed by atoms with Gasteiger partial charge in [-0.1, -0.05) is 29.3 Å². The highest BCUT2D eigenvalue weighted by molar-refractivity contribution is 6.35. The molecule has 1 heterocycles. The zero-order valence-electron chi connectivity index (χ0n) is 10.9. The first kappa shape index (κ1) is 15.1. The molecule has 0 saturated carbocycles. The number of nitrogens with one attached hydrogen (secondary N) is 1. The molecular formula is C14H20Cl2N2O. The van der Waals surface area contributed by atoms with Crippen molar-refractivity contribution in [3.8, 4) is 0 Å². The van der Waals surface area contributed by atoms with Gasteiger partial charge in [0.25, 0.3) is 0 Å². The Morgan fingerprint density at radius 1 is 1.37 bits per heavy atom. The molecule has 5 heteroatoms. The lowest BCUT2D eigenvalue weighted by Gasteiger charge is -2.25. The summed E-state index contributed by atoms with van der Waals surface area (Å²) in [6, 6.07) is 5.55. The van der Waals surface area contributed by atoms with E-state index in [2.05, 4.69) is 5.43 Å². The molecular weight excluding hydrogens is 283 g/mol. The van der Waals surface area contributed by atoms with Crippen LogP contribution in [-0.4, -0.2) is 12.7 Å². The van der Waals surface area contributed by atoms with E-state index in [-0.39, 0.29) is 6.04 Å². The first-order valence-corrected chi connectivity index (χ1v) is 7.49. The number of nitrogens with two attached hydrogens (primary N) is 1. The molecule has 0 radical (unpaired) electrons. The lowest BCUT2D eigenvalue weighted by Crippen LogP contribution is -2.30. The molecule has 2 unspecified atom stereocenters. The molecule has 0 aromatic heterocycles.